The minimum absolute atomic E-state index is 0.0159. The van der Waals surface area contributed by atoms with Crippen LogP contribution in [0.2, 0.25) is 0 Å². The van der Waals surface area contributed by atoms with E-state index in [2.05, 4.69) is 10.5 Å². The van der Waals surface area contributed by atoms with Gasteiger partial charge in [0.2, 0.25) is 0 Å². The van der Waals surface area contributed by atoms with Crippen molar-refractivity contribution in [1.82, 2.24) is 5.43 Å². The number of nitrogens with zero attached hydrogens (tertiary/aromatic N) is 2. The Balaban J connectivity index is 1.80. The lowest BCUT2D eigenvalue weighted by Crippen LogP contribution is -2.26. The third-order valence-corrected chi connectivity index (χ3v) is 4.42. The van der Waals surface area contributed by atoms with Crippen LogP contribution in [0.5, 0.6) is 0 Å². The molecule has 0 aliphatic heterocycles. The quantitative estimate of drug-likeness (QED) is 0.474. The van der Waals surface area contributed by atoms with Crippen LogP contribution in [0.15, 0.2) is 59.7 Å². The van der Waals surface area contributed by atoms with Crippen LogP contribution < -0.4 is 5.43 Å². The van der Waals surface area contributed by atoms with Crippen molar-refractivity contribution in [2.24, 2.45) is 5.10 Å². The van der Waals surface area contributed by atoms with Gasteiger partial charge in [0.15, 0.2) is 0 Å². The van der Waals surface area contributed by atoms with Crippen molar-refractivity contribution in [2.45, 2.75) is 17.9 Å². The smallest absolute Gasteiger partial charge is 0.269 e. The summed E-state index contributed by atoms with van der Waals surface area (Å²) in [6, 6.07) is 15.8. The van der Waals surface area contributed by atoms with Crippen molar-refractivity contribution < 1.29 is 9.72 Å². The number of non-ortho nitro benzene ring substituents is 1. The van der Waals surface area contributed by atoms with Gasteiger partial charge in [-0.25, -0.2) is 5.43 Å². The molecule has 0 aromatic heterocycles. The van der Waals surface area contributed by atoms with Gasteiger partial charge in [0.05, 0.1) is 16.4 Å². The van der Waals surface area contributed by atoms with E-state index >= 15 is 0 Å². The third-order valence-electron chi connectivity index (χ3n) is 3.20. The number of hydrazone groups is 1. The van der Waals surface area contributed by atoms with Crippen molar-refractivity contribution >= 4 is 29.6 Å². The number of carbonyl (C=O) groups is 1. The Kier molecular flexibility index (Phi) is 6.51. The monoisotopic (exact) mass is 343 g/mol. The molecule has 1 atom stereocenters. The van der Waals surface area contributed by atoms with Gasteiger partial charge in [-0.2, -0.15) is 5.10 Å². The molecule has 0 saturated heterocycles. The minimum atomic E-state index is -0.464. The topological polar surface area (TPSA) is 84.6 Å². The third kappa shape index (κ3) is 5.51. The predicted molar refractivity (Wildman–Crippen MR) is 96.0 cm³/mol. The van der Waals surface area contributed by atoms with Crippen LogP contribution in [0.3, 0.4) is 0 Å². The van der Waals surface area contributed by atoms with Gasteiger partial charge in [0.25, 0.3) is 11.6 Å². The summed E-state index contributed by atoms with van der Waals surface area (Å²) >= 11 is 1.53. The maximum Gasteiger partial charge on any atom is 0.269 e. The molecule has 6 nitrogen and oxygen atoms in total. The summed E-state index contributed by atoms with van der Waals surface area (Å²) in [5.41, 5.74) is 4.33. The second-order valence-electron chi connectivity index (χ2n) is 5.02. The number of carbonyl (C=O) groups excluding carboxylic acids is 1. The molecule has 0 aliphatic carbocycles. The van der Waals surface area contributed by atoms with E-state index in [4.69, 9.17) is 0 Å². The van der Waals surface area contributed by atoms with Crippen LogP contribution in [0.25, 0.3) is 0 Å². The molecular weight excluding hydrogens is 326 g/mol. The summed E-state index contributed by atoms with van der Waals surface area (Å²) in [6.07, 6.45) is 1.45. The highest BCUT2D eigenvalue weighted by Crippen LogP contribution is 2.17. The molecule has 0 aliphatic rings. The lowest BCUT2D eigenvalue weighted by Gasteiger charge is -2.09. The first-order chi connectivity index (χ1) is 11.6. The van der Waals surface area contributed by atoms with Crippen molar-refractivity contribution in [3.8, 4) is 0 Å². The molecule has 0 fully saturated rings. The Morgan fingerprint density at radius 1 is 1.25 bits per heavy atom. The van der Waals surface area contributed by atoms with Gasteiger partial charge in [-0.15, -0.1) is 11.8 Å². The fourth-order valence-electron chi connectivity index (χ4n) is 1.81. The molecule has 1 N–H and O–H groups in total. The first-order valence-electron chi connectivity index (χ1n) is 7.29. The molecule has 124 valence electrons. The Hall–Kier alpha value is -2.67. The molecule has 2 rings (SSSR count). The van der Waals surface area contributed by atoms with E-state index in [1.54, 1.807) is 12.1 Å². The molecule has 0 heterocycles. The van der Waals surface area contributed by atoms with Gasteiger partial charge in [-0.3, -0.25) is 14.9 Å². The highest BCUT2D eigenvalue weighted by molar-refractivity contribution is 7.99. The summed E-state index contributed by atoms with van der Waals surface area (Å²) in [5, 5.41) is 14.2. The Morgan fingerprint density at radius 2 is 1.92 bits per heavy atom. The lowest BCUT2D eigenvalue weighted by atomic mass is 10.2. The lowest BCUT2D eigenvalue weighted by molar-refractivity contribution is -0.384. The van der Waals surface area contributed by atoms with Gasteiger partial charge >= 0.3 is 0 Å². The molecular formula is C17H17N3O3S. The average molecular weight is 343 g/mol. The molecule has 1 amide bonds. The number of nitro groups is 1. The molecule has 24 heavy (non-hydrogen) atoms. The second-order valence-corrected chi connectivity index (χ2v) is 6.35. The van der Waals surface area contributed by atoms with E-state index in [0.717, 1.165) is 11.3 Å². The first kappa shape index (κ1) is 17.7. The van der Waals surface area contributed by atoms with E-state index in [0.29, 0.717) is 5.56 Å². The van der Waals surface area contributed by atoms with Crippen molar-refractivity contribution in [2.75, 3.05) is 0 Å². The van der Waals surface area contributed by atoms with Gasteiger partial charge in [0, 0.05) is 17.9 Å². The van der Waals surface area contributed by atoms with Crippen molar-refractivity contribution in [3.63, 3.8) is 0 Å². The number of benzene rings is 2. The van der Waals surface area contributed by atoms with Crippen molar-refractivity contribution in [1.29, 1.82) is 0 Å². The highest BCUT2D eigenvalue weighted by atomic mass is 32.2. The Morgan fingerprint density at radius 3 is 2.54 bits per heavy atom. The molecule has 2 aromatic rings. The largest absolute Gasteiger partial charge is 0.272 e. The van der Waals surface area contributed by atoms with Crippen LogP contribution in [-0.4, -0.2) is 22.3 Å². The highest BCUT2D eigenvalue weighted by Gasteiger charge is 2.12. The number of hydrogen-bond acceptors (Lipinski definition) is 5. The summed E-state index contributed by atoms with van der Waals surface area (Å²) in [6.45, 7) is 1.82. The summed E-state index contributed by atoms with van der Waals surface area (Å²) in [4.78, 5) is 22.1. The van der Waals surface area contributed by atoms with E-state index in [9.17, 15) is 14.9 Å². The molecule has 0 bridgehead atoms. The maximum absolute atomic E-state index is 12.0. The van der Waals surface area contributed by atoms with Gasteiger partial charge in [0.1, 0.15) is 0 Å². The fraction of sp³-hybridized carbons (Fsp3) is 0.176. The molecule has 0 radical (unpaired) electrons. The molecule has 0 unspecified atom stereocenters. The van der Waals surface area contributed by atoms with Gasteiger partial charge in [-0.05, 0) is 30.2 Å². The van der Waals surface area contributed by atoms with E-state index in [1.807, 2.05) is 37.3 Å². The molecule has 7 heteroatoms. The van der Waals surface area contributed by atoms with Gasteiger partial charge < -0.3 is 0 Å². The Bertz CT molecular complexity index is 718. The first-order valence-corrected chi connectivity index (χ1v) is 8.34. The predicted octanol–water partition coefficient (Wildman–Crippen LogP) is 3.37. The van der Waals surface area contributed by atoms with Crippen LogP contribution in [0.4, 0.5) is 5.69 Å². The van der Waals surface area contributed by atoms with Crippen LogP contribution in [0, 0.1) is 10.1 Å². The molecule has 0 spiro atoms. The van der Waals surface area contributed by atoms with Crippen LogP contribution >= 0.6 is 11.8 Å². The summed E-state index contributed by atoms with van der Waals surface area (Å²) in [5.74, 6) is 0.565. The summed E-state index contributed by atoms with van der Waals surface area (Å²) < 4.78 is 0. The fourth-order valence-corrected chi connectivity index (χ4v) is 2.65. The van der Waals surface area contributed by atoms with E-state index in [1.165, 1.54) is 30.1 Å². The second kappa shape index (κ2) is 8.83. The van der Waals surface area contributed by atoms with E-state index < -0.39 is 4.92 Å². The number of hydrogen-bond donors (Lipinski definition) is 1. The van der Waals surface area contributed by atoms with Crippen LogP contribution in [0.1, 0.15) is 18.1 Å². The van der Waals surface area contributed by atoms with Gasteiger partial charge in [-0.1, -0.05) is 30.3 Å². The number of nitrogens with one attached hydrogen (secondary N) is 1. The standard InChI is InChI=1S/C17H17N3O3S/c1-13(24-12-15-5-3-2-4-6-15)17(21)19-18-11-14-7-9-16(10-8-14)20(22)23/h2-11,13H,12H2,1H3,(H,19,21)/b18-11-/t13-/m0/s1. The number of thioether (sulfide) groups is 1. The minimum Gasteiger partial charge on any atom is -0.272 e. The number of nitro benzene ring substituents is 1. The SMILES string of the molecule is C[C@H](SCc1ccccc1)C(=O)N/N=C\c1ccc([N+](=O)[O-])cc1. The molecule has 2 aromatic carbocycles. The zero-order valence-corrected chi connectivity index (χ0v) is 13.9. The van der Waals surface area contributed by atoms with Crippen LogP contribution in [-0.2, 0) is 10.5 Å². The Labute approximate surface area is 144 Å². The normalized spacial score (nSPS) is 12.0. The number of rotatable bonds is 7. The molecule has 0 saturated carbocycles. The summed E-state index contributed by atoms with van der Waals surface area (Å²) in [7, 11) is 0. The average Bonchev–Trinajstić information content (AvgIpc) is 2.61. The number of amides is 1. The van der Waals surface area contributed by atoms with E-state index in [-0.39, 0.29) is 16.8 Å². The zero-order chi connectivity index (χ0) is 17.4. The van der Waals surface area contributed by atoms with Crippen molar-refractivity contribution in [3.05, 3.63) is 75.8 Å². The maximum atomic E-state index is 12.0. The zero-order valence-electron chi connectivity index (χ0n) is 13.1.